The average Bonchev–Trinajstić information content (AvgIpc) is 3.02. The van der Waals surface area contributed by atoms with E-state index in [9.17, 15) is 9.90 Å². The standard InChI is InChI=1S/C22H14I4N2O3S/c23-14-9-13(10-15(24)19(14)29)31-20-16(25)6-11(7-17(20)26)8-18-21(30)28(22(32)27-18)12-4-2-1-3-5-12/h1-7,9-10,18,29H,8H2,(H,27,32)/t18-/m0/s1. The fourth-order valence-electron chi connectivity index (χ4n) is 3.27. The van der Waals surface area contributed by atoms with E-state index >= 15 is 0 Å². The molecular formula is C22H14I4N2O3S. The van der Waals surface area contributed by atoms with Gasteiger partial charge >= 0.3 is 0 Å². The van der Waals surface area contributed by atoms with Gasteiger partial charge in [-0.1, -0.05) is 18.2 Å². The Bertz CT molecular complexity index is 1180. The first kappa shape index (κ1) is 24.7. The third-order valence-electron chi connectivity index (χ3n) is 4.74. The summed E-state index contributed by atoms with van der Waals surface area (Å²) in [5.74, 6) is 1.62. The summed E-state index contributed by atoms with van der Waals surface area (Å²) in [6.07, 6.45) is 0.517. The molecule has 2 N–H and O–H groups in total. The van der Waals surface area contributed by atoms with Crippen LogP contribution in [0.3, 0.4) is 0 Å². The molecule has 1 saturated heterocycles. The Hall–Kier alpha value is -0.460. The molecule has 1 amide bonds. The lowest BCUT2D eigenvalue weighted by Crippen LogP contribution is -2.32. The SMILES string of the molecule is O=C1[C@H](Cc2cc(I)c(Oc3cc(I)c(O)c(I)c3)c(I)c2)NC(=S)N1c1ccccc1. The number of nitrogens with zero attached hydrogens (tertiary/aromatic N) is 1. The average molecular weight is 894 g/mol. The Labute approximate surface area is 245 Å². The van der Waals surface area contributed by atoms with Gasteiger partial charge in [0.15, 0.2) is 10.9 Å². The lowest BCUT2D eigenvalue weighted by Gasteiger charge is -2.15. The highest BCUT2D eigenvalue weighted by atomic mass is 127. The number of phenolic OH excluding ortho intramolecular Hbond substituents is 1. The zero-order valence-electron chi connectivity index (χ0n) is 16.1. The second-order valence-electron chi connectivity index (χ2n) is 6.94. The molecule has 32 heavy (non-hydrogen) atoms. The number of para-hydroxylation sites is 1. The van der Waals surface area contributed by atoms with Gasteiger partial charge in [-0.2, -0.15) is 0 Å². The number of carbonyl (C=O) groups excluding carboxylic acids is 1. The van der Waals surface area contributed by atoms with Crippen LogP contribution in [-0.4, -0.2) is 22.2 Å². The molecule has 1 aliphatic heterocycles. The fraction of sp³-hybridized carbons (Fsp3) is 0.0909. The summed E-state index contributed by atoms with van der Waals surface area (Å²) in [5.41, 5.74) is 1.79. The molecule has 0 bridgehead atoms. The van der Waals surface area contributed by atoms with E-state index in [1.165, 1.54) is 0 Å². The minimum absolute atomic E-state index is 0.0558. The number of carbonyl (C=O) groups is 1. The smallest absolute Gasteiger partial charge is 0.256 e. The molecule has 0 aromatic heterocycles. The molecular weight excluding hydrogens is 880 g/mol. The zero-order valence-corrected chi connectivity index (χ0v) is 25.6. The topological polar surface area (TPSA) is 61.8 Å². The molecule has 164 valence electrons. The van der Waals surface area contributed by atoms with Crippen LogP contribution in [0.15, 0.2) is 54.6 Å². The first-order chi connectivity index (χ1) is 15.2. The van der Waals surface area contributed by atoms with E-state index in [0.717, 1.165) is 31.3 Å². The molecule has 0 aliphatic carbocycles. The number of nitrogens with one attached hydrogen (secondary N) is 1. The van der Waals surface area contributed by atoms with Gasteiger partial charge in [0.1, 0.15) is 17.5 Å². The van der Waals surface area contributed by atoms with Crippen molar-refractivity contribution < 1.29 is 14.6 Å². The quantitative estimate of drug-likeness (QED) is 0.229. The summed E-state index contributed by atoms with van der Waals surface area (Å²) in [6, 6.07) is 16.7. The number of benzene rings is 3. The Balaban J connectivity index is 1.54. The first-order valence-corrected chi connectivity index (χ1v) is 14.0. The van der Waals surface area contributed by atoms with Crippen molar-refractivity contribution >= 4 is 119 Å². The molecule has 0 radical (unpaired) electrons. The number of hydrogen-bond acceptors (Lipinski definition) is 4. The van der Waals surface area contributed by atoms with E-state index in [4.69, 9.17) is 17.0 Å². The molecule has 0 unspecified atom stereocenters. The Morgan fingerprint density at radius 1 is 0.969 bits per heavy atom. The van der Waals surface area contributed by atoms with Crippen LogP contribution in [-0.2, 0) is 11.2 Å². The van der Waals surface area contributed by atoms with Crippen molar-refractivity contribution in [2.24, 2.45) is 0 Å². The molecule has 1 atom stereocenters. The van der Waals surface area contributed by atoms with E-state index < -0.39 is 6.04 Å². The van der Waals surface area contributed by atoms with Crippen molar-refractivity contribution in [1.29, 1.82) is 0 Å². The maximum Gasteiger partial charge on any atom is 0.256 e. The largest absolute Gasteiger partial charge is 0.506 e. The predicted molar refractivity (Wildman–Crippen MR) is 163 cm³/mol. The number of thiocarbonyl (C=S) groups is 1. The number of phenols is 1. The van der Waals surface area contributed by atoms with E-state index in [2.05, 4.69) is 95.7 Å². The van der Waals surface area contributed by atoms with E-state index in [-0.39, 0.29) is 11.7 Å². The Kier molecular flexibility index (Phi) is 8.04. The highest BCUT2D eigenvalue weighted by Crippen LogP contribution is 2.37. The van der Waals surface area contributed by atoms with E-state index in [1.807, 2.05) is 42.5 Å². The van der Waals surface area contributed by atoms with Crippen LogP contribution in [0.1, 0.15) is 5.56 Å². The second-order valence-corrected chi connectivity index (χ2v) is 12.0. The van der Waals surface area contributed by atoms with Crippen molar-refractivity contribution in [2.75, 3.05) is 4.90 Å². The summed E-state index contributed by atoms with van der Waals surface area (Å²) in [4.78, 5) is 14.6. The molecule has 0 saturated carbocycles. The summed E-state index contributed by atoms with van der Waals surface area (Å²) < 4.78 is 9.49. The number of aromatic hydroxyl groups is 1. The molecule has 10 heteroatoms. The van der Waals surface area contributed by atoms with Crippen molar-refractivity contribution in [3.05, 3.63) is 74.4 Å². The molecule has 3 aromatic carbocycles. The van der Waals surface area contributed by atoms with Crippen LogP contribution in [0, 0.1) is 14.3 Å². The summed E-state index contributed by atoms with van der Waals surface area (Å²) in [5, 5.41) is 13.6. The van der Waals surface area contributed by atoms with Gasteiger partial charge in [-0.05, 0) is 145 Å². The van der Waals surface area contributed by atoms with Crippen LogP contribution in [0.25, 0.3) is 0 Å². The van der Waals surface area contributed by atoms with Gasteiger partial charge in [0.2, 0.25) is 0 Å². The maximum absolute atomic E-state index is 13.0. The van der Waals surface area contributed by atoms with E-state index in [1.54, 1.807) is 17.0 Å². The number of rotatable bonds is 5. The number of ether oxygens (including phenoxy) is 1. The number of amides is 1. The van der Waals surface area contributed by atoms with Gasteiger partial charge in [0.25, 0.3) is 5.91 Å². The Morgan fingerprint density at radius 2 is 1.56 bits per heavy atom. The molecule has 3 aromatic rings. The highest BCUT2D eigenvalue weighted by Gasteiger charge is 2.36. The third-order valence-corrected chi connectivity index (χ3v) is 8.29. The van der Waals surface area contributed by atoms with Gasteiger partial charge in [0, 0.05) is 6.42 Å². The molecule has 5 nitrogen and oxygen atoms in total. The molecule has 4 rings (SSSR count). The molecule has 0 spiro atoms. The minimum atomic E-state index is -0.415. The van der Waals surface area contributed by atoms with Crippen molar-refractivity contribution in [2.45, 2.75) is 12.5 Å². The lowest BCUT2D eigenvalue weighted by atomic mass is 10.1. The predicted octanol–water partition coefficient (Wildman–Crippen LogP) is 6.44. The fourth-order valence-corrected chi connectivity index (χ4v) is 7.44. The molecule has 1 heterocycles. The highest BCUT2D eigenvalue weighted by molar-refractivity contribution is 14.1. The van der Waals surface area contributed by atoms with Crippen molar-refractivity contribution in [3.8, 4) is 17.2 Å². The molecule has 1 fully saturated rings. The number of hydrogen-bond donors (Lipinski definition) is 2. The Morgan fingerprint density at radius 3 is 2.16 bits per heavy atom. The van der Waals surface area contributed by atoms with Gasteiger partial charge < -0.3 is 15.2 Å². The van der Waals surface area contributed by atoms with Crippen molar-refractivity contribution in [3.63, 3.8) is 0 Å². The van der Waals surface area contributed by atoms with Gasteiger partial charge in [-0.3, -0.25) is 9.69 Å². The van der Waals surface area contributed by atoms with Crippen LogP contribution in [0.2, 0.25) is 0 Å². The van der Waals surface area contributed by atoms with Crippen LogP contribution in [0.5, 0.6) is 17.2 Å². The van der Waals surface area contributed by atoms with Gasteiger partial charge in [0.05, 0.1) is 20.0 Å². The van der Waals surface area contributed by atoms with Gasteiger partial charge in [-0.15, -0.1) is 0 Å². The monoisotopic (exact) mass is 894 g/mol. The lowest BCUT2D eigenvalue weighted by molar-refractivity contribution is -0.118. The van der Waals surface area contributed by atoms with Crippen molar-refractivity contribution in [1.82, 2.24) is 5.32 Å². The van der Waals surface area contributed by atoms with Crippen LogP contribution >= 0.6 is 103 Å². The molecule has 1 aliphatic rings. The number of anilines is 1. The number of halogens is 4. The third kappa shape index (κ3) is 5.27. The first-order valence-electron chi connectivity index (χ1n) is 9.28. The van der Waals surface area contributed by atoms with Gasteiger partial charge in [-0.25, -0.2) is 0 Å². The van der Waals surface area contributed by atoms with Crippen LogP contribution in [0.4, 0.5) is 5.69 Å². The maximum atomic E-state index is 13.0. The summed E-state index contributed by atoms with van der Waals surface area (Å²) >= 11 is 14.1. The van der Waals surface area contributed by atoms with E-state index in [0.29, 0.717) is 17.3 Å². The normalized spacial score (nSPS) is 15.8. The van der Waals surface area contributed by atoms with Crippen LogP contribution < -0.4 is 15.0 Å². The minimum Gasteiger partial charge on any atom is -0.506 e. The summed E-state index contributed by atoms with van der Waals surface area (Å²) in [7, 11) is 0. The summed E-state index contributed by atoms with van der Waals surface area (Å²) in [6.45, 7) is 0. The zero-order chi connectivity index (χ0) is 23.0. The second kappa shape index (κ2) is 10.4.